The van der Waals surface area contributed by atoms with E-state index in [1.165, 1.54) is 12.8 Å². The van der Waals surface area contributed by atoms with Crippen LogP contribution in [0.4, 0.5) is 0 Å². The van der Waals surface area contributed by atoms with Gasteiger partial charge in [-0.15, -0.1) is 0 Å². The van der Waals surface area contributed by atoms with Crippen LogP contribution in [0, 0.1) is 6.92 Å². The van der Waals surface area contributed by atoms with Crippen LogP contribution in [0.15, 0.2) is 4.52 Å². The highest BCUT2D eigenvalue weighted by molar-refractivity contribution is 6.29. The standard InChI is InChI=1S/C13H18ClN3O2/c1-8-11(13(14)19-16-8)6-12(18)15-9-4-5-17(7-9)10-2-3-10/h9-10H,2-7H2,1H3,(H,15,18)/t9-/m0/s1. The molecule has 5 nitrogen and oxygen atoms in total. The van der Waals surface area contributed by atoms with Crippen molar-refractivity contribution in [2.45, 2.75) is 44.7 Å². The third kappa shape index (κ3) is 2.92. The second-order valence-corrected chi connectivity index (χ2v) is 5.82. The summed E-state index contributed by atoms with van der Waals surface area (Å²) in [7, 11) is 0. The number of hydrogen-bond donors (Lipinski definition) is 1. The van der Waals surface area contributed by atoms with Crippen molar-refractivity contribution in [3.63, 3.8) is 0 Å². The van der Waals surface area contributed by atoms with Crippen LogP contribution in [0.1, 0.15) is 30.5 Å². The lowest BCUT2D eigenvalue weighted by Crippen LogP contribution is -2.38. The first-order valence-electron chi connectivity index (χ1n) is 6.77. The quantitative estimate of drug-likeness (QED) is 0.910. The minimum absolute atomic E-state index is 0.00385. The summed E-state index contributed by atoms with van der Waals surface area (Å²) in [6.07, 6.45) is 3.92. The minimum atomic E-state index is -0.00385. The number of hydrogen-bond acceptors (Lipinski definition) is 4. The van der Waals surface area contributed by atoms with Gasteiger partial charge in [-0.3, -0.25) is 9.69 Å². The van der Waals surface area contributed by atoms with Crippen molar-refractivity contribution in [3.8, 4) is 0 Å². The summed E-state index contributed by atoms with van der Waals surface area (Å²) in [4.78, 5) is 14.5. The molecule has 0 spiro atoms. The fourth-order valence-corrected chi connectivity index (χ4v) is 2.91. The molecule has 2 fully saturated rings. The van der Waals surface area contributed by atoms with E-state index in [1.807, 2.05) is 0 Å². The molecule has 3 rings (SSSR count). The Bertz CT molecular complexity index is 465. The van der Waals surface area contributed by atoms with Crippen LogP contribution >= 0.6 is 11.6 Å². The fraction of sp³-hybridized carbons (Fsp3) is 0.692. The Balaban J connectivity index is 1.51. The lowest BCUT2D eigenvalue weighted by molar-refractivity contribution is -0.121. The monoisotopic (exact) mass is 283 g/mol. The molecule has 0 radical (unpaired) electrons. The largest absolute Gasteiger partial charge is 0.352 e. The highest BCUT2D eigenvalue weighted by Gasteiger charge is 2.34. The predicted octanol–water partition coefficient (Wildman–Crippen LogP) is 1.53. The van der Waals surface area contributed by atoms with Crippen LogP contribution < -0.4 is 5.32 Å². The van der Waals surface area contributed by atoms with Crippen molar-refractivity contribution in [1.82, 2.24) is 15.4 Å². The zero-order valence-electron chi connectivity index (χ0n) is 11.0. The first kappa shape index (κ1) is 12.9. The second kappa shape index (κ2) is 5.13. The SMILES string of the molecule is Cc1noc(Cl)c1CC(=O)N[C@H]1CCN(C2CC2)C1. The van der Waals surface area contributed by atoms with Gasteiger partial charge in [0.25, 0.3) is 0 Å². The number of carbonyl (C=O) groups excluding carboxylic acids is 1. The molecular formula is C13H18ClN3O2. The molecule has 19 heavy (non-hydrogen) atoms. The van der Waals surface area contributed by atoms with Gasteiger partial charge in [-0.2, -0.15) is 0 Å². The molecule has 0 unspecified atom stereocenters. The van der Waals surface area contributed by atoms with Crippen molar-refractivity contribution >= 4 is 17.5 Å². The molecule has 2 aliphatic rings. The van der Waals surface area contributed by atoms with Gasteiger partial charge in [0.15, 0.2) is 0 Å². The number of aryl methyl sites for hydroxylation is 1. The molecule has 1 N–H and O–H groups in total. The van der Waals surface area contributed by atoms with Crippen LogP contribution in [0.25, 0.3) is 0 Å². The maximum Gasteiger partial charge on any atom is 0.229 e. The Labute approximate surface area is 117 Å². The maximum absolute atomic E-state index is 12.0. The topological polar surface area (TPSA) is 58.4 Å². The number of likely N-dealkylation sites (tertiary alicyclic amines) is 1. The highest BCUT2D eigenvalue weighted by Crippen LogP contribution is 2.29. The van der Waals surface area contributed by atoms with Crippen molar-refractivity contribution < 1.29 is 9.32 Å². The smallest absolute Gasteiger partial charge is 0.229 e. The van der Waals surface area contributed by atoms with Gasteiger partial charge >= 0.3 is 0 Å². The summed E-state index contributed by atoms with van der Waals surface area (Å²) in [6.45, 7) is 3.87. The zero-order valence-corrected chi connectivity index (χ0v) is 11.7. The first-order chi connectivity index (χ1) is 9.13. The molecule has 0 bridgehead atoms. The molecule has 1 saturated heterocycles. The fourth-order valence-electron chi connectivity index (χ4n) is 2.67. The molecule has 1 aliphatic carbocycles. The Morgan fingerprint density at radius 2 is 2.32 bits per heavy atom. The Kier molecular flexibility index (Phi) is 3.50. The van der Waals surface area contributed by atoms with E-state index >= 15 is 0 Å². The number of rotatable bonds is 4. The van der Waals surface area contributed by atoms with Crippen molar-refractivity contribution in [2.75, 3.05) is 13.1 Å². The van der Waals surface area contributed by atoms with Gasteiger partial charge in [0.2, 0.25) is 11.1 Å². The third-order valence-electron chi connectivity index (χ3n) is 3.92. The zero-order chi connectivity index (χ0) is 13.4. The van der Waals surface area contributed by atoms with E-state index in [4.69, 9.17) is 16.1 Å². The molecule has 104 valence electrons. The number of halogens is 1. The molecular weight excluding hydrogens is 266 g/mol. The van der Waals surface area contributed by atoms with Gasteiger partial charge in [-0.05, 0) is 37.8 Å². The summed E-state index contributed by atoms with van der Waals surface area (Å²) in [5.74, 6) is -0.00385. The lowest BCUT2D eigenvalue weighted by Gasteiger charge is -2.15. The molecule has 1 saturated carbocycles. The molecule has 6 heteroatoms. The van der Waals surface area contributed by atoms with E-state index in [1.54, 1.807) is 6.92 Å². The van der Waals surface area contributed by atoms with Gasteiger partial charge < -0.3 is 9.84 Å². The highest BCUT2D eigenvalue weighted by atomic mass is 35.5. The molecule has 2 heterocycles. The van der Waals surface area contributed by atoms with E-state index in [-0.39, 0.29) is 23.6 Å². The summed E-state index contributed by atoms with van der Waals surface area (Å²) < 4.78 is 4.85. The van der Waals surface area contributed by atoms with E-state index < -0.39 is 0 Å². The number of carbonyl (C=O) groups is 1. The third-order valence-corrected chi connectivity index (χ3v) is 4.22. The lowest BCUT2D eigenvalue weighted by atomic mass is 10.1. The molecule has 1 aromatic rings. The predicted molar refractivity (Wildman–Crippen MR) is 71.1 cm³/mol. The van der Waals surface area contributed by atoms with Gasteiger partial charge in [0.05, 0.1) is 12.1 Å². The number of aromatic nitrogens is 1. The summed E-state index contributed by atoms with van der Waals surface area (Å²) in [5, 5.41) is 7.05. The summed E-state index contributed by atoms with van der Waals surface area (Å²) in [6, 6.07) is 1.05. The molecule has 1 aromatic heterocycles. The van der Waals surface area contributed by atoms with Crippen molar-refractivity contribution in [2.24, 2.45) is 0 Å². The van der Waals surface area contributed by atoms with Crippen LogP contribution in [0.3, 0.4) is 0 Å². The second-order valence-electron chi connectivity index (χ2n) is 5.48. The van der Waals surface area contributed by atoms with Crippen LogP contribution in [-0.2, 0) is 11.2 Å². The average molecular weight is 284 g/mol. The van der Waals surface area contributed by atoms with Crippen LogP contribution in [-0.4, -0.2) is 41.1 Å². The van der Waals surface area contributed by atoms with E-state index in [9.17, 15) is 4.79 Å². The minimum Gasteiger partial charge on any atom is -0.352 e. The molecule has 1 amide bonds. The van der Waals surface area contributed by atoms with Gasteiger partial charge in [-0.25, -0.2) is 0 Å². The van der Waals surface area contributed by atoms with E-state index in [0.717, 1.165) is 25.6 Å². The molecule has 0 aromatic carbocycles. The first-order valence-corrected chi connectivity index (χ1v) is 7.15. The van der Waals surface area contributed by atoms with E-state index in [2.05, 4.69) is 15.4 Å². The molecule has 1 atom stereocenters. The van der Waals surface area contributed by atoms with Gasteiger partial charge in [-0.1, -0.05) is 5.16 Å². The maximum atomic E-state index is 12.0. The number of nitrogens with one attached hydrogen (secondary N) is 1. The van der Waals surface area contributed by atoms with Gasteiger partial charge in [0, 0.05) is 30.7 Å². The van der Waals surface area contributed by atoms with Gasteiger partial charge in [0.1, 0.15) is 0 Å². The van der Waals surface area contributed by atoms with Crippen molar-refractivity contribution in [1.29, 1.82) is 0 Å². The Morgan fingerprint density at radius 3 is 2.95 bits per heavy atom. The number of nitrogens with zero attached hydrogens (tertiary/aromatic N) is 2. The van der Waals surface area contributed by atoms with E-state index in [0.29, 0.717) is 11.3 Å². The molecule has 1 aliphatic heterocycles. The van der Waals surface area contributed by atoms with Crippen LogP contribution in [0.2, 0.25) is 5.22 Å². The average Bonchev–Trinajstić information content (AvgIpc) is 3.06. The summed E-state index contributed by atoms with van der Waals surface area (Å²) in [5.41, 5.74) is 1.38. The Hall–Kier alpha value is -1.07. The normalized spacial score (nSPS) is 23.8. The van der Waals surface area contributed by atoms with Crippen molar-refractivity contribution in [3.05, 3.63) is 16.5 Å². The van der Waals surface area contributed by atoms with Crippen LogP contribution in [0.5, 0.6) is 0 Å². The number of amides is 1. The Morgan fingerprint density at radius 1 is 1.53 bits per heavy atom. The summed E-state index contributed by atoms with van der Waals surface area (Å²) >= 11 is 5.86.